The van der Waals surface area contributed by atoms with E-state index in [-0.39, 0.29) is 5.60 Å². The molecule has 2 aromatic rings. The lowest BCUT2D eigenvalue weighted by Crippen LogP contribution is -2.14. The van der Waals surface area contributed by atoms with Gasteiger partial charge in [-0.25, -0.2) is 0 Å². The van der Waals surface area contributed by atoms with Crippen LogP contribution in [0.3, 0.4) is 0 Å². The van der Waals surface area contributed by atoms with Crippen molar-refractivity contribution in [3.63, 3.8) is 0 Å². The van der Waals surface area contributed by atoms with E-state index < -0.39 is 0 Å². The summed E-state index contributed by atoms with van der Waals surface area (Å²) < 4.78 is 5.86. The average molecular weight is 230 g/mol. The lowest BCUT2D eigenvalue weighted by Gasteiger charge is -2.19. The summed E-state index contributed by atoms with van der Waals surface area (Å²) in [4.78, 5) is 0. The van der Waals surface area contributed by atoms with E-state index in [0.29, 0.717) is 0 Å². The fourth-order valence-corrected chi connectivity index (χ4v) is 3.25. The molecule has 2 aliphatic carbocycles. The first-order valence-corrected chi connectivity index (χ1v) is 6.22. The van der Waals surface area contributed by atoms with E-state index in [2.05, 4.69) is 60.7 Å². The summed E-state index contributed by atoms with van der Waals surface area (Å²) in [7, 11) is 0. The molecule has 84 valence electrons. The van der Waals surface area contributed by atoms with E-state index in [1.165, 1.54) is 27.5 Å². The van der Waals surface area contributed by atoms with Gasteiger partial charge in [-0.1, -0.05) is 54.6 Å². The highest BCUT2D eigenvalue weighted by Crippen LogP contribution is 2.61. The second kappa shape index (κ2) is 2.59. The first kappa shape index (κ1) is 8.76. The molecule has 1 atom stereocenters. The average Bonchev–Trinajstić information content (AvgIpc) is 3.03. The Bertz CT molecular complexity index is 807. The van der Waals surface area contributed by atoms with Crippen LogP contribution in [0.4, 0.5) is 0 Å². The first-order chi connectivity index (χ1) is 8.89. The summed E-state index contributed by atoms with van der Waals surface area (Å²) in [6, 6.07) is 12.9. The molecular formula is C17H10O. The quantitative estimate of drug-likeness (QED) is 0.625. The van der Waals surface area contributed by atoms with Crippen molar-refractivity contribution in [1.82, 2.24) is 0 Å². The minimum Gasteiger partial charge on any atom is -0.469 e. The van der Waals surface area contributed by atoms with Gasteiger partial charge in [0.15, 0.2) is 5.76 Å². The molecule has 1 heteroatoms. The number of epoxide rings is 1. The SMILES string of the molecule is C1=Cc2c(ccc3ccccc23)[C@@]23OC2=CC=C13. The van der Waals surface area contributed by atoms with Crippen LogP contribution >= 0.6 is 0 Å². The predicted molar refractivity (Wildman–Crippen MR) is 71.9 cm³/mol. The van der Waals surface area contributed by atoms with Crippen molar-refractivity contribution in [2.45, 2.75) is 5.60 Å². The topological polar surface area (TPSA) is 12.5 Å². The second-order valence-electron chi connectivity index (χ2n) is 5.02. The van der Waals surface area contributed by atoms with Crippen molar-refractivity contribution in [3.05, 3.63) is 77.1 Å². The van der Waals surface area contributed by atoms with E-state index >= 15 is 0 Å². The largest absolute Gasteiger partial charge is 0.469 e. The minimum absolute atomic E-state index is 0.228. The molecule has 3 aliphatic rings. The molecule has 1 fully saturated rings. The molecule has 1 heterocycles. The van der Waals surface area contributed by atoms with Crippen LogP contribution in [0, 0.1) is 0 Å². The molecule has 0 aromatic heterocycles. The van der Waals surface area contributed by atoms with Gasteiger partial charge in [0, 0.05) is 11.1 Å². The van der Waals surface area contributed by atoms with Gasteiger partial charge in [0.05, 0.1) is 0 Å². The number of benzene rings is 2. The maximum absolute atomic E-state index is 5.86. The summed E-state index contributed by atoms with van der Waals surface area (Å²) in [6.07, 6.45) is 8.65. The van der Waals surface area contributed by atoms with Crippen LogP contribution < -0.4 is 0 Å². The van der Waals surface area contributed by atoms with E-state index in [1.807, 2.05) is 0 Å². The van der Waals surface area contributed by atoms with Crippen LogP contribution in [0.25, 0.3) is 16.8 Å². The van der Waals surface area contributed by atoms with Crippen molar-refractivity contribution < 1.29 is 4.74 Å². The number of hydrogen-bond donors (Lipinski definition) is 0. The second-order valence-corrected chi connectivity index (χ2v) is 5.02. The molecular weight excluding hydrogens is 220 g/mol. The zero-order valence-electron chi connectivity index (χ0n) is 9.68. The molecule has 2 aromatic carbocycles. The normalized spacial score (nSPS) is 25.8. The fourth-order valence-electron chi connectivity index (χ4n) is 3.25. The third-order valence-corrected chi connectivity index (χ3v) is 4.17. The monoisotopic (exact) mass is 230 g/mol. The van der Waals surface area contributed by atoms with Gasteiger partial charge in [0.1, 0.15) is 0 Å². The van der Waals surface area contributed by atoms with Gasteiger partial charge in [-0.15, -0.1) is 0 Å². The van der Waals surface area contributed by atoms with Gasteiger partial charge in [-0.3, -0.25) is 0 Å². The zero-order chi connectivity index (χ0) is 11.7. The predicted octanol–water partition coefficient (Wildman–Crippen LogP) is 3.92. The van der Waals surface area contributed by atoms with Crippen LogP contribution in [0.1, 0.15) is 11.1 Å². The Hall–Kier alpha value is -2.28. The van der Waals surface area contributed by atoms with Crippen LogP contribution in [0.2, 0.25) is 0 Å². The van der Waals surface area contributed by atoms with Crippen LogP contribution in [0.15, 0.2) is 66.0 Å². The lowest BCUT2D eigenvalue weighted by atomic mass is 9.82. The highest BCUT2D eigenvalue weighted by molar-refractivity contribution is 5.95. The molecule has 0 N–H and O–H groups in total. The molecule has 1 spiro atoms. The molecule has 0 amide bonds. The van der Waals surface area contributed by atoms with Crippen LogP contribution in [-0.4, -0.2) is 0 Å². The third kappa shape index (κ3) is 0.799. The number of allylic oxidation sites excluding steroid dienone is 2. The number of hydrogen-bond acceptors (Lipinski definition) is 1. The Morgan fingerprint density at radius 2 is 1.83 bits per heavy atom. The van der Waals surface area contributed by atoms with Crippen LogP contribution in [-0.2, 0) is 10.3 Å². The summed E-state index contributed by atoms with van der Waals surface area (Å²) in [6.45, 7) is 0. The Balaban J connectivity index is 1.94. The summed E-state index contributed by atoms with van der Waals surface area (Å²) in [5, 5.41) is 2.59. The van der Waals surface area contributed by atoms with Crippen molar-refractivity contribution >= 4 is 16.8 Å². The molecule has 0 saturated carbocycles. The molecule has 0 radical (unpaired) electrons. The van der Waals surface area contributed by atoms with E-state index in [0.717, 1.165) is 5.76 Å². The van der Waals surface area contributed by atoms with Gasteiger partial charge < -0.3 is 4.74 Å². The highest BCUT2D eigenvalue weighted by atomic mass is 16.6. The summed E-state index contributed by atoms with van der Waals surface area (Å²) >= 11 is 0. The van der Waals surface area contributed by atoms with Gasteiger partial charge in [-0.05, 0) is 22.4 Å². The van der Waals surface area contributed by atoms with Gasteiger partial charge >= 0.3 is 0 Å². The third-order valence-electron chi connectivity index (χ3n) is 4.17. The van der Waals surface area contributed by atoms with Crippen molar-refractivity contribution in [3.8, 4) is 0 Å². The maximum atomic E-state index is 5.86. The Labute approximate surface area is 105 Å². The Kier molecular flexibility index (Phi) is 1.26. The fraction of sp³-hybridized carbons (Fsp3) is 0.0588. The Morgan fingerprint density at radius 1 is 0.889 bits per heavy atom. The molecule has 18 heavy (non-hydrogen) atoms. The molecule has 0 bridgehead atoms. The molecule has 1 aliphatic heterocycles. The standard InChI is InChI=1S/C17H10O/c1-2-4-13-11(3-1)5-9-15-14(13)8-6-12-7-10-16-17(12,15)18-16/h1-10H/t17-/m1/s1. The van der Waals surface area contributed by atoms with E-state index in [9.17, 15) is 0 Å². The number of rotatable bonds is 0. The first-order valence-electron chi connectivity index (χ1n) is 6.22. The van der Waals surface area contributed by atoms with E-state index in [1.54, 1.807) is 0 Å². The Morgan fingerprint density at radius 3 is 2.78 bits per heavy atom. The van der Waals surface area contributed by atoms with Gasteiger partial charge in [0.2, 0.25) is 5.60 Å². The lowest BCUT2D eigenvalue weighted by molar-refractivity contribution is 0.355. The molecule has 1 saturated heterocycles. The molecule has 1 nitrogen and oxygen atoms in total. The zero-order valence-corrected chi connectivity index (χ0v) is 9.68. The van der Waals surface area contributed by atoms with Gasteiger partial charge in [-0.2, -0.15) is 0 Å². The number of ether oxygens (including phenoxy) is 1. The summed E-state index contributed by atoms with van der Waals surface area (Å²) in [5.74, 6) is 1.10. The van der Waals surface area contributed by atoms with Crippen molar-refractivity contribution in [2.24, 2.45) is 0 Å². The molecule has 0 unspecified atom stereocenters. The summed E-state index contributed by atoms with van der Waals surface area (Å²) in [5.41, 5.74) is 3.63. The van der Waals surface area contributed by atoms with Crippen molar-refractivity contribution in [1.29, 1.82) is 0 Å². The smallest absolute Gasteiger partial charge is 0.216 e. The highest BCUT2D eigenvalue weighted by Gasteiger charge is 2.60. The van der Waals surface area contributed by atoms with E-state index in [4.69, 9.17) is 4.74 Å². The van der Waals surface area contributed by atoms with Gasteiger partial charge in [0.25, 0.3) is 0 Å². The number of fused-ring (bicyclic) bond motifs is 3. The molecule has 5 rings (SSSR count). The van der Waals surface area contributed by atoms with Crippen LogP contribution in [0.5, 0.6) is 0 Å². The minimum atomic E-state index is -0.228. The maximum Gasteiger partial charge on any atom is 0.216 e. The van der Waals surface area contributed by atoms with Crippen molar-refractivity contribution in [2.75, 3.05) is 0 Å².